The maximum Gasteiger partial charge on any atom is 0.356 e. The first-order valence-electron chi connectivity index (χ1n) is 8.33. The Morgan fingerprint density at radius 2 is 1.72 bits per heavy atom. The van der Waals surface area contributed by atoms with E-state index in [1.54, 1.807) is 0 Å². The molecule has 0 unspecified atom stereocenters. The summed E-state index contributed by atoms with van der Waals surface area (Å²) in [6, 6.07) is 4.42. The molecule has 3 aromatic rings. The van der Waals surface area contributed by atoms with Gasteiger partial charge in [0.2, 0.25) is 0 Å². The van der Waals surface area contributed by atoms with Gasteiger partial charge in [-0.2, -0.15) is 5.10 Å². The molecule has 0 amide bonds. The van der Waals surface area contributed by atoms with Gasteiger partial charge in [0.25, 0.3) is 0 Å². The van der Waals surface area contributed by atoms with Crippen molar-refractivity contribution in [1.82, 2.24) is 14.8 Å². The SMILES string of the molecule is Cc1cc2c(cc(Cc3c(C)nnc(C(=O)O)c3C)n2C)c(C)c1C. The van der Waals surface area contributed by atoms with Crippen molar-refractivity contribution in [2.75, 3.05) is 0 Å². The zero-order chi connectivity index (χ0) is 18.5. The predicted molar refractivity (Wildman–Crippen MR) is 98.4 cm³/mol. The van der Waals surface area contributed by atoms with Gasteiger partial charge in [-0.25, -0.2) is 4.79 Å². The summed E-state index contributed by atoms with van der Waals surface area (Å²) in [5.41, 5.74) is 8.66. The normalized spacial score (nSPS) is 11.3. The maximum absolute atomic E-state index is 11.4. The van der Waals surface area contributed by atoms with Gasteiger partial charge < -0.3 is 9.67 Å². The fourth-order valence-corrected chi connectivity index (χ4v) is 3.45. The van der Waals surface area contributed by atoms with Crippen molar-refractivity contribution in [3.8, 4) is 0 Å². The van der Waals surface area contributed by atoms with Crippen LogP contribution >= 0.6 is 0 Å². The first kappa shape index (κ1) is 17.1. The van der Waals surface area contributed by atoms with Gasteiger partial charge in [0, 0.05) is 30.1 Å². The first-order chi connectivity index (χ1) is 11.7. The van der Waals surface area contributed by atoms with Crippen LogP contribution in [0.3, 0.4) is 0 Å². The minimum atomic E-state index is -1.04. The first-order valence-corrected chi connectivity index (χ1v) is 8.33. The maximum atomic E-state index is 11.4. The summed E-state index contributed by atoms with van der Waals surface area (Å²) in [4.78, 5) is 11.4. The van der Waals surface area contributed by atoms with E-state index in [9.17, 15) is 9.90 Å². The van der Waals surface area contributed by atoms with Gasteiger partial charge in [-0.3, -0.25) is 0 Å². The van der Waals surface area contributed by atoms with Gasteiger partial charge >= 0.3 is 5.97 Å². The summed E-state index contributed by atoms with van der Waals surface area (Å²) in [6.07, 6.45) is 0.635. The lowest BCUT2D eigenvalue weighted by molar-refractivity contribution is 0.0688. The van der Waals surface area contributed by atoms with Crippen molar-refractivity contribution in [3.05, 3.63) is 57.0 Å². The van der Waals surface area contributed by atoms with E-state index in [2.05, 4.69) is 54.7 Å². The summed E-state index contributed by atoms with van der Waals surface area (Å²) in [5.74, 6) is -1.04. The van der Waals surface area contributed by atoms with Crippen molar-refractivity contribution in [2.24, 2.45) is 7.05 Å². The van der Waals surface area contributed by atoms with Gasteiger partial charge in [0.1, 0.15) is 0 Å². The van der Waals surface area contributed by atoms with Crippen LogP contribution in [0, 0.1) is 34.6 Å². The third-order valence-electron chi connectivity index (χ3n) is 5.40. The van der Waals surface area contributed by atoms with E-state index < -0.39 is 5.97 Å². The number of hydrogen-bond acceptors (Lipinski definition) is 3. The molecule has 0 aliphatic rings. The predicted octanol–water partition coefficient (Wildman–Crippen LogP) is 3.80. The van der Waals surface area contributed by atoms with E-state index >= 15 is 0 Å². The molecule has 0 radical (unpaired) electrons. The molecule has 1 N–H and O–H groups in total. The number of carboxylic acid groups (broad SMARTS) is 1. The number of rotatable bonds is 3. The number of nitrogens with zero attached hydrogens (tertiary/aromatic N) is 3. The Labute approximate surface area is 147 Å². The molecule has 0 saturated heterocycles. The van der Waals surface area contributed by atoms with Crippen LogP contribution in [-0.4, -0.2) is 25.8 Å². The zero-order valence-electron chi connectivity index (χ0n) is 15.6. The van der Waals surface area contributed by atoms with E-state index in [4.69, 9.17) is 0 Å². The van der Waals surface area contributed by atoms with Crippen molar-refractivity contribution in [1.29, 1.82) is 0 Å². The van der Waals surface area contributed by atoms with Crippen molar-refractivity contribution >= 4 is 16.9 Å². The average molecular weight is 337 g/mol. The molecule has 2 heterocycles. The lowest BCUT2D eigenvalue weighted by Gasteiger charge is -2.11. The molecule has 0 fully saturated rings. The number of aromatic nitrogens is 3. The molecule has 0 saturated carbocycles. The quantitative estimate of drug-likeness (QED) is 0.789. The molecule has 5 nitrogen and oxygen atoms in total. The summed E-state index contributed by atoms with van der Waals surface area (Å²) >= 11 is 0. The third-order valence-corrected chi connectivity index (χ3v) is 5.40. The zero-order valence-corrected chi connectivity index (χ0v) is 15.6. The van der Waals surface area contributed by atoms with Crippen LogP contribution in [0.2, 0.25) is 0 Å². The molecule has 3 rings (SSSR count). The lowest BCUT2D eigenvalue weighted by atomic mass is 9.99. The van der Waals surface area contributed by atoms with Crippen LogP contribution in [0.5, 0.6) is 0 Å². The number of fused-ring (bicyclic) bond motifs is 1. The molecule has 0 spiro atoms. The van der Waals surface area contributed by atoms with Gasteiger partial charge in [-0.1, -0.05) is 0 Å². The number of carboxylic acids is 1. The highest BCUT2D eigenvalue weighted by molar-refractivity contribution is 5.88. The standard InChI is InChI=1S/C20H23N3O2/c1-10-7-18-17(12(3)11(10)2)9-15(23(18)6)8-16-13(4)19(20(24)25)22-21-14(16)5/h7,9H,8H2,1-6H3,(H,24,25). The Hall–Kier alpha value is -2.69. The molecular weight excluding hydrogens is 314 g/mol. The van der Waals surface area contributed by atoms with Crippen LogP contribution in [0.15, 0.2) is 12.1 Å². The molecule has 5 heteroatoms. The highest BCUT2D eigenvalue weighted by atomic mass is 16.4. The fourth-order valence-electron chi connectivity index (χ4n) is 3.45. The molecule has 0 aliphatic carbocycles. The molecule has 130 valence electrons. The lowest BCUT2D eigenvalue weighted by Crippen LogP contribution is -2.11. The summed E-state index contributed by atoms with van der Waals surface area (Å²) < 4.78 is 2.19. The molecule has 25 heavy (non-hydrogen) atoms. The van der Waals surface area contributed by atoms with Crippen molar-refractivity contribution < 1.29 is 9.90 Å². The smallest absolute Gasteiger partial charge is 0.356 e. The van der Waals surface area contributed by atoms with Crippen LogP contribution < -0.4 is 0 Å². The molecule has 0 bridgehead atoms. The molecule has 0 atom stereocenters. The second-order valence-electron chi connectivity index (χ2n) is 6.79. The Morgan fingerprint density at radius 3 is 2.36 bits per heavy atom. The molecule has 1 aromatic carbocycles. The van der Waals surface area contributed by atoms with E-state index in [0.29, 0.717) is 12.0 Å². The molecule has 0 aliphatic heterocycles. The van der Waals surface area contributed by atoms with E-state index in [1.807, 2.05) is 13.8 Å². The number of hydrogen-bond donors (Lipinski definition) is 1. The Kier molecular flexibility index (Phi) is 4.11. The summed E-state index contributed by atoms with van der Waals surface area (Å²) in [6.45, 7) is 10.1. The van der Waals surface area contributed by atoms with Crippen molar-refractivity contribution in [2.45, 2.75) is 41.0 Å². The van der Waals surface area contributed by atoms with Crippen molar-refractivity contribution in [3.63, 3.8) is 0 Å². The largest absolute Gasteiger partial charge is 0.476 e. The van der Waals surface area contributed by atoms with Gasteiger partial charge in [0.05, 0.1) is 5.69 Å². The van der Waals surface area contributed by atoms with Gasteiger partial charge in [0.15, 0.2) is 5.69 Å². The number of benzene rings is 1. The van der Waals surface area contributed by atoms with Gasteiger partial charge in [-0.15, -0.1) is 5.10 Å². The summed E-state index contributed by atoms with van der Waals surface area (Å²) in [5, 5.41) is 18.4. The fraction of sp³-hybridized carbons (Fsp3) is 0.350. The third kappa shape index (κ3) is 2.69. The number of aromatic carboxylic acids is 1. The van der Waals surface area contributed by atoms with Gasteiger partial charge in [-0.05, 0) is 74.6 Å². The minimum absolute atomic E-state index is 0.0298. The van der Waals surface area contributed by atoms with Crippen LogP contribution in [0.25, 0.3) is 10.9 Å². The number of aryl methyl sites for hydroxylation is 4. The van der Waals surface area contributed by atoms with E-state index in [-0.39, 0.29) is 5.69 Å². The van der Waals surface area contributed by atoms with E-state index in [0.717, 1.165) is 17.0 Å². The second kappa shape index (κ2) is 5.99. The van der Waals surface area contributed by atoms with Crippen LogP contribution in [-0.2, 0) is 13.5 Å². The number of carbonyl (C=O) groups is 1. The molecular formula is C20H23N3O2. The Bertz CT molecular complexity index is 1020. The Morgan fingerprint density at radius 1 is 1.04 bits per heavy atom. The van der Waals surface area contributed by atoms with E-state index in [1.165, 1.54) is 27.6 Å². The topological polar surface area (TPSA) is 68.0 Å². The average Bonchev–Trinajstić information content (AvgIpc) is 2.85. The summed E-state index contributed by atoms with van der Waals surface area (Å²) in [7, 11) is 2.06. The monoisotopic (exact) mass is 337 g/mol. The van der Waals surface area contributed by atoms with Crippen LogP contribution in [0.4, 0.5) is 0 Å². The second-order valence-corrected chi connectivity index (χ2v) is 6.79. The minimum Gasteiger partial charge on any atom is -0.476 e. The van der Waals surface area contributed by atoms with Crippen LogP contribution in [0.1, 0.15) is 49.7 Å². The highest BCUT2D eigenvalue weighted by Crippen LogP contribution is 2.29. The Balaban J connectivity index is 2.17. The molecule has 2 aromatic heterocycles. The highest BCUT2D eigenvalue weighted by Gasteiger charge is 2.18.